The SMILES string of the molecule is C=C1C(=C)N2C(=C)CC1C(NCc1ccccc1OC)C2C(c1ccccc1)c1ccccc1. The first-order valence-electron chi connectivity index (χ1n) is 11.9. The van der Waals surface area contributed by atoms with Gasteiger partial charge in [0.05, 0.1) is 13.2 Å². The smallest absolute Gasteiger partial charge is 0.123 e. The molecule has 3 aromatic carbocycles. The molecule has 34 heavy (non-hydrogen) atoms. The van der Waals surface area contributed by atoms with Crippen LogP contribution in [-0.2, 0) is 6.54 Å². The van der Waals surface area contributed by atoms with Gasteiger partial charge in [-0.3, -0.25) is 0 Å². The van der Waals surface area contributed by atoms with Crippen LogP contribution in [0.25, 0.3) is 0 Å². The van der Waals surface area contributed by atoms with Gasteiger partial charge >= 0.3 is 0 Å². The maximum atomic E-state index is 5.62. The number of ether oxygens (including phenoxy) is 1. The fraction of sp³-hybridized carbons (Fsp3) is 0.226. The van der Waals surface area contributed by atoms with Gasteiger partial charge in [-0.15, -0.1) is 0 Å². The Bertz CT molecular complexity index is 1160. The molecule has 0 saturated carbocycles. The molecule has 3 heteroatoms. The third-order valence-electron chi connectivity index (χ3n) is 7.38. The van der Waals surface area contributed by atoms with Gasteiger partial charge in [0.1, 0.15) is 5.75 Å². The molecular formula is C31H32N2O. The highest BCUT2D eigenvalue weighted by molar-refractivity contribution is 5.46. The molecule has 3 nitrogen and oxygen atoms in total. The number of allylic oxidation sites excluding steroid dienone is 2. The van der Waals surface area contributed by atoms with Crippen LogP contribution in [-0.4, -0.2) is 24.1 Å². The minimum Gasteiger partial charge on any atom is -0.496 e. The van der Waals surface area contributed by atoms with E-state index in [1.165, 1.54) is 11.1 Å². The standard InChI is InChI=1S/C31H32N2O/c1-21-19-27-22(2)23(3)33(21)31(30(27)32-20-26-17-11-12-18-28(26)34-4)29(24-13-7-5-8-14-24)25-15-9-6-10-16-25/h5-18,27,29-32H,1-3,19-20H2,4H3. The molecule has 1 N–H and O–H groups in total. The number of nitrogens with one attached hydrogen (secondary N) is 1. The van der Waals surface area contributed by atoms with Gasteiger partial charge in [0.2, 0.25) is 0 Å². The van der Waals surface area contributed by atoms with Gasteiger partial charge in [0.15, 0.2) is 0 Å². The number of para-hydroxylation sites is 1. The normalized spacial score (nSPS) is 21.9. The Morgan fingerprint density at radius 2 is 1.47 bits per heavy atom. The van der Waals surface area contributed by atoms with Crippen molar-refractivity contribution in [2.75, 3.05) is 7.11 Å². The number of piperidine rings is 3. The van der Waals surface area contributed by atoms with Crippen LogP contribution in [0.2, 0.25) is 0 Å². The minimum atomic E-state index is 0.128. The summed E-state index contributed by atoms with van der Waals surface area (Å²) in [7, 11) is 1.73. The lowest BCUT2D eigenvalue weighted by Crippen LogP contribution is -2.63. The lowest BCUT2D eigenvalue weighted by Gasteiger charge is -2.57. The van der Waals surface area contributed by atoms with Gasteiger partial charge in [-0.2, -0.15) is 0 Å². The number of nitrogens with zero attached hydrogens (tertiary/aromatic N) is 1. The first kappa shape index (κ1) is 22.2. The highest BCUT2D eigenvalue weighted by atomic mass is 16.5. The summed E-state index contributed by atoms with van der Waals surface area (Å²) < 4.78 is 5.62. The molecule has 3 aliphatic heterocycles. The van der Waals surface area contributed by atoms with E-state index in [0.717, 1.165) is 41.2 Å². The molecule has 3 fully saturated rings. The highest BCUT2D eigenvalue weighted by Crippen LogP contribution is 2.50. The number of hydrogen-bond donors (Lipinski definition) is 1. The summed E-state index contributed by atoms with van der Waals surface area (Å²) >= 11 is 0. The van der Waals surface area contributed by atoms with E-state index in [9.17, 15) is 0 Å². The molecule has 172 valence electrons. The van der Waals surface area contributed by atoms with Crippen molar-refractivity contribution in [1.29, 1.82) is 0 Å². The molecule has 0 amide bonds. The van der Waals surface area contributed by atoms with Crippen LogP contribution >= 0.6 is 0 Å². The van der Waals surface area contributed by atoms with E-state index in [1.807, 2.05) is 12.1 Å². The first-order valence-corrected chi connectivity index (χ1v) is 11.9. The summed E-state index contributed by atoms with van der Waals surface area (Å²) in [5, 5.41) is 3.92. The van der Waals surface area contributed by atoms with Gasteiger partial charge in [-0.1, -0.05) is 98.6 Å². The lowest BCUT2D eigenvalue weighted by molar-refractivity contribution is 0.112. The second-order valence-corrected chi connectivity index (χ2v) is 9.23. The van der Waals surface area contributed by atoms with Crippen LogP contribution in [0.15, 0.2) is 122 Å². The molecule has 3 heterocycles. The number of fused-ring (bicyclic) bond motifs is 3. The zero-order valence-corrected chi connectivity index (χ0v) is 19.8. The number of methoxy groups -OCH3 is 1. The largest absolute Gasteiger partial charge is 0.496 e. The second-order valence-electron chi connectivity index (χ2n) is 9.23. The quantitative estimate of drug-likeness (QED) is 0.461. The molecule has 3 atom stereocenters. The summed E-state index contributed by atoms with van der Waals surface area (Å²) in [6, 6.07) is 30.1. The van der Waals surface area contributed by atoms with E-state index in [-0.39, 0.29) is 23.9 Å². The first-order chi connectivity index (χ1) is 16.6. The van der Waals surface area contributed by atoms with Crippen molar-refractivity contribution in [3.8, 4) is 5.75 Å². The molecule has 3 aliphatic rings. The van der Waals surface area contributed by atoms with E-state index in [0.29, 0.717) is 0 Å². The number of benzene rings is 3. The van der Waals surface area contributed by atoms with E-state index in [4.69, 9.17) is 4.74 Å². The van der Waals surface area contributed by atoms with E-state index in [2.05, 4.69) is 103 Å². The Morgan fingerprint density at radius 3 is 2.09 bits per heavy atom. The number of hydrogen-bond acceptors (Lipinski definition) is 3. The third-order valence-corrected chi connectivity index (χ3v) is 7.38. The molecular weight excluding hydrogens is 416 g/mol. The van der Waals surface area contributed by atoms with Crippen LogP contribution in [0.3, 0.4) is 0 Å². The van der Waals surface area contributed by atoms with Gasteiger partial charge in [-0.25, -0.2) is 0 Å². The molecule has 0 spiro atoms. The average molecular weight is 449 g/mol. The van der Waals surface area contributed by atoms with Crippen molar-refractivity contribution >= 4 is 0 Å². The molecule has 0 aliphatic carbocycles. The Labute approximate surface area is 203 Å². The molecule has 0 radical (unpaired) electrons. The Hall–Kier alpha value is -3.56. The van der Waals surface area contributed by atoms with Crippen molar-refractivity contribution in [1.82, 2.24) is 10.2 Å². The summed E-state index contributed by atoms with van der Waals surface area (Å²) in [4.78, 5) is 2.35. The monoisotopic (exact) mass is 448 g/mol. The zero-order valence-electron chi connectivity index (χ0n) is 19.8. The van der Waals surface area contributed by atoms with Crippen LogP contribution in [0.5, 0.6) is 5.75 Å². The molecule has 3 unspecified atom stereocenters. The molecule has 3 saturated heterocycles. The van der Waals surface area contributed by atoms with Crippen molar-refractivity contribution in [2.24, 2.45) is 5.92 Å². The van der Waals surface area contributed by atoms with E-state index in [1.54, 1.807) is 7.11 Å². The summed E-state index contributed by atoms with van der Waals surface area (Å²) in [5.41, 5.74) is 6.97. The molecule has 2 bridgehead atoms. The van der Waals surface area contributed by atoms with Crippen LogP contribution in [0.1, 0.15) is 29.0 Å². The van der Waals surface area contributed by atoms with Crippen molar-refractivity contribution < 1.29 is 4.74 Å². The Morgan fingerprint density at radius 1 is 0.882 bits per heavy atom. The second kappa shape index (κ2) is 9.36. The topological polar surface area (TPSA) is 24.5 Å². The van der Waals surface area contributed by atoms with E-state index < -0.39 is 0 Å². The fourth-order valence-corrected chi connectivity index (χ4v) is 5.77. The maximum absolute atomic E-state index is 5.62. The molecule has 0 aromatic heterocycles. The summed E-state index contributed by atoms with van der Waals surface area (Å²) in [6.45, 7) is 14.1. The lowest BCUT2D eigenvalue weighted by atomic mass is 9.67. The van der Waals surface area contributed by atoms with Crippen molar-refractivity contribution in [3.63, 3.8) is 0 Å². The van der Waals surface area contributed by atoms with Crippen molar-refractivity contribution in [2.45, 2.75) is 31.0 Å². The maximum Gasteiger partial charge on any atom is 0.123 e. The summed E-state index contributed by atoms with van der Waals surface area (Å²) in [6.07, 6.45) is 0.897. The van der Waals surface area contributed by atoms with Crippen LogP contribution < -0.4 is 10.1 Å². The van der Waals surface area contributed by atoms with Gasteiger partial charge < -0.3 is 15.0 Å². The van der Waals surface area contributed by atoms with Gasteiger partial charge in [0.25, 0.3) is 0 Å². The summed E-state index contributed by atoms with van der Waals surface area (Å²) in [5.74, 6) is 1.31. The molecule has 6 rings (SSSR count). The highest BCUT2D eigenvalue weighted by Gasteiger charge is 2.50. The molecule has 3 aromatic rings. The fourth-order valence-electron chi connectivity index (χ4n) is 5.77. The van der Waals surface area contributed by atoms with E-state index >= 15 is 0 Å². The Balaban J connectivity index is 1.59. The zero-order chi connectivity index (χ0) is 23.7. The van der Waals surface area contributed by atoms with Crippen LogP contribution in [0, 0.1) is 5.92 Å². The predicted molar refractivity (Wildman–Crippen MR) is 140 cm³/mol. The predicted octanol–water partition coefficient (Wildman–Crippen LogP) is 6.27. The Kier molecular flexibility index (Phi) is 6.12. The van der Waals surface area contributed by atoms with Crippen LogP contribution in [0.4, 0.5) is 0 Å². The van der Waals surface area contributed by atoms with Gasteiger partial charge in [0, 0.05) is 41.4 Å². The van der Waals surface area contributed by atoms with Gasteiger partial charge in [-0.05, 0) is 29.2 Å². The average Bonchev–Trinajstić information content (AvgIpc) is 2.88. The third kappa shape index (κ3) is 3.86. The number of rotatable bonds is 7. The van der Waals surface area contributed by atoms with Crippen molar-refractivity contribution in [3.05, 3.63) is 138 Å². The minimum absolute atomic E-state index is 0.128.